The number of benzene rings is 1. The van der Waals surface area contributed by atoms with Crippen LogP contribution in [-0.2, 0) is 4.74 Å². The maximum atomic E-state index is 6.13. The fourth-order valence-electron chi connectivity index (χ4n) is 3.42. The van der Waals surface area contributed by atoms with Crippen LogP contribution in [0.4, 0.5) is 0 Å². The van der Waals surface area contributed by atoms with Gasteiger partial charge in [-0.15, -0.1) is 0 Å². The van der Waals surface area contributed by atoms with E-state index in [-0.39, 0.29) is 5.41 Å². The van der Waals surface area contributed by atoms with Gasteiger partial charge in [0.15, 0.2) is 0 Å². The van der Waals surface area contributed by atoms with Crippen LogP contribution in [0.25, 0.3) is 0 Å². The number of nitrogens with one attached hydrogen (secondary N) is 1. The molecule has 0 spiro atoms. The van der Waals surface area contributed by atoms with Crippen molar-refractivity contribution in [3.8, 4) is 0 Å². The molecule has 3 atom stereocenters. The lowest BCUT2D eigenvalue weighted by Crippen LogP contribution is -2.38. The van der Waals surface area contributed by atoms with Crippen molar-refractivity contribution in [2.75, 3.05) is 20.3 Å². The Morgan fingerprint density at radius 2 is 2.22 bits per heavy atom. The fraction of sp³-hybridized carbons (Fsp3) is 0.571. The summed E-state index contributed by atoms with van der Waals surface area (Å²) in [5.74, 6) is 0.790. The molecule has 0 amide bonds. The summed E-state index contributed by atoms with van der Waals surface area (Å²) in [5, 5.41) is 4.86. The molecule has 0 aromatic heterocycles. The quantitative estimate of drug-likeness (QED) is 0.915. The first-order valence-corrected chi connectivity index (χ1v) is 7.10. The second kappa shape index (κ2) is 4.68. The maximum absolute atomic E-state index is 6.13. The van der Waals surface area contributed by atoms with Crippen LogP contribution in [0.1, 0.15) is 24.4 Å². The van der Waals surface area contributed by atoms with Crippen molar-refractivity contribution in [3.05, 3.63) is 33.8 Å². The SMILES string of the molecule is COC[C@@]12C[C@@H]1CCNC2c1ccc(Cl)c(Cl)c1. The highest BCUT2D eigenvalue weighted by Gasteiger charge is 2.60. The Kier molecular flexibility index (Phi) is 3.31. The van der Waals surface area contributed by atoms with E-state index >= 15 is 0 Å². The van der Waals surface area contributed by atoms with E-state index in [4.69, 9.17) is 27.9 Å². The maximum Gasteiger partial charge on any atom is 0.0595 e. The average Bonchev–Trinajstić information content (AvgIpc) is 3.07. The highest BCUT2D eigenvalue weighted by atomic mass is 35.5. The normalized spacial score (nSPS) is 34.2. The van der Waals surface area contributed by atoms with E-state index in [0.29, 0.717) is 16.1 Å². The minimum atomic E-state index is 0.268. The average molecular weight is 286 g/mol. The van der Waals surface area contributed by atoms with Gasteiger partial charge in [-0.05, 0) is 43.0 Å². The molecule has 4 heteroatoms. The molecule has 1 heterocycles. The van der Waals surface area contributed by atoms with Gasteiger partial charge in [0.2, 0.25) is 0 Å². The van der Waals surface area contributed by atoms with E-state index in [1.165, 1.54) is 18.4 Å². The first-order valence-electron chi connectivity index (χ1n) is 6.34. The Hall–Kier alpha value is -0.280. The molecule has 2 nitrogen and oxygen atoms in total. The third-order valence-electron chi connectivity index (χ3n) is 4.39. The summed E-state index contributed by atoms with van der Waals surface area (Å²) in [6.45, 7) is 1.89. The molecule has 1 aromatic carbocycles. The van der Waals surface area contributed by atoms with Gasteiger partial charge in [-0.2, -0.15) is 0 Å². The van der Waals surface area contributed by atoms with Crippen LogP contribution in [0.5, 0.6) is 0 Å². The molecule has 2 fully saturated rings. The first kappa shape index (κ1) is 12.7. The fourth-order valence-corrected chi connectivity index (χ4v) is 3.73. The highest BCUT2D eigenvalue weighted by Crippen LogP contribution is 2.63. The molecule has 1 N–H and O–H groups in total. The number of fused-ring (bicyclic) bond motifs is 1. The molecule has 1 saturated heterocycles. The number of rotatable bonds is 3. The zero-order chi connectivity index (χ0) is 12.8. The van der Waals surface area contributed by atoms with Gasteiger partial charge in [0, 0.05) is 18.6 Å². The van der Waals surface area contributed by atoms with Crippen LogP contribution in [-0.4, -0.2) is 20.3 Å². The summed E-state index contributed by atoms with van der Waals surface area (Å²) in [4.78, 5) is 0. The van der Waals surface area contributed by atoms with Crippen molar-refractivity contribution in [1.29, 1.82) is 0 Å². The summed E-state index contributed by atoms with van der Waals surface area (Å²) >= 11 is 12.1. The van der Waals surface area contributed by atoms with Crippen molar-refractivity contribution in [2.24, 2.45) is 11.3 Å². The van der Waals surface area contributed by atoms with Gasteiger partial charge in [0.1, 0.15) is 0 Å². The minimum Gasteiger partial charge on any atom is -0.384 e. The van der Waals surface area contributed by atoms with E-state index in [9.17, 15) is 0 Å². The van der Waals surface area contributed by atoms with Crippen LogP contribution in [0.3, 0.4) is 0 Å². The van der Waals surface area contributed by atoms with Gasteiger partial charge in [-0.25, -0.2) is 0 Å². The van der Waals surface area contributed by atoms with Gasteiger partial charge >= 0.3 is 0 Å². The van der Waals surface area contributed by atoms with Crippen LogP contribution in [0.15, 0.2) is 18.2 Å². The Bertz CT molecular complexity index is 465. The van der Waals surface area contributed by atoms with Crippen LogP contribution in [0.2, 0.25) is 10.0 Å². The second-order valence-electron chi connectivity index (χ2n) is 5.42. The van der Waals surface area contributed by atoms with E-state index in [1.807, 2.05) is 12.1 Å². The van der Waals surface area contributed by atoms with Gasteiger partial charge in [0.05, 0.1) is 16.7 Å². The lowest BCUT2D eigenvalue weighted by Gasteiger charge is -2.33. The second-order valence-corrected chi connectivity index (χ2v) is 6.23. The molecule has 0 radical (unpaired) electrons. The smallest absolute Gasteiger partial charge is 0.0595 e. The van der Waals surface area contributed by atoms with Crippen molar-refractivity contribution in [2.45, 2.75) is 18.9 Å². The number of hydrogen-bond donors (Lipinski definition) is 1. The van der Waals surface area contributed by atoms with Crippen molar-refractivity contribution < 1.29 is 4.74 Å². The van der Waals surface area contributed by atoms with Gasteiger partial charge in [-0.1, -0.05) is 29.3 Å². The Morgan fingerprint density at radius 3 is 2.94 bits per heavy atom. The Labute approximate surface area is 118 Å². The highest BCUT2D eigenvalue weighted by molar-refractivity contribution is 6.42. The number of halogens is 2. The van der Waals surface area contributed by atoms with E-state index in [2.05, 4.69) is 11.4 Å². The lowest BCUT2D eigenvalue weighted by atomic mass is 9.85. The molecule has 2 aliphatic rings. The third-order valence-corrected chi connectivity index (χ3v) is 5.12. The summed E-state index contributed by atoms with van der Waals surface area (Å²) in [7, 11) is 1.78. The molecule has 1 aliphatic heterocycles. The standard InChI is InChI=1S/C14H17Cl2NO/c1-18-8-14-7-10(14)4-5-17-13(14)9-2-3-11(15)12(16)6-9/h2-3,6,10,13,17H,4-5,7-8H2,1H3/t10-,13?,14-/m0/s1. The van der Waals surface area contributed by atoms with E-state index in [1.54, 1.807) is 7.11 Å². The van der Waals surface area contributed by atoms with E-state index < -0.39 is 0 Å². The molecule has 98 valence electrons. The topological polar surface area (TPSA) is 21.3 Å². The number of hydrogen-bond acceptors (Lipinski definition) is 2. The molecular weight excluding hydrogens is 269 g/mol. The molecule has 18 heavy (non-hydrogen) atoms. The monoisotopic (exact) mass is 285 g/mol. The predicted molar refractivity (Wildman–Crippen MR) is 74.2 cm³/mol. The predicted octanol–water partition coefficient (Wildman–Crippen LogP) is 3.68. The van der Waals surface area contributed by atoms with Gasteiger partial charge in [0.25, 0.3) is 0 Å². The molecule has 1 unspecified atom stereocenters. The Morgan fingerprint density at radius 1 is 1.39 bits per heavy atom. The van der Waals surface area contributed by atoms with E-state index in [0.717, 1.165) is 19.1 Å². The van der Waals surface area contributed by atoms with Gasteiger partial charge < -0.3 is 10.1 Å². The lowest BCUT2D eigenvalue weighted by molar-refractivity contribution is 0.0944. The molecule has 1 aromatic rings. The third kappa shape index (κ3) is 1.96. The van der Waals surface area contributed by atoms with Crippen molar-refractivity contribution in [1.82, 2.24) is 5.32 Å². The molecule has 1 saturated carbocycles. The summed E-state index contributed by atoms with van der Waals surface area (Å²) < 4.78 is 5.43. The molecule has 1 aliphatic carbocycles. The molecule has 0 bridgehead atoms. The largest absolute Gasteiger partial charge is 0.384 e. The van der Waals surface area contributed by atoms with Crippen molar-refractivity contribution in [3.63, 3.8) is 0 Å². The summed E-state index contributed by atoms with van der Waals surface area (Å²) in [5.41, 5.74) is 1.49. The summed E-state index contributed by atoms with van der Waals surface area (Å²) in [6.07, 6.45) is 2.50. The number of methoxy groups -OCH3 is 1. The zero-order valence-corrected chi connectivity index (χ0v) is 11.9. The van der Waals surface area contributed by atoms with Crippen LogP contribution < -0.4 is 5.32 Å². The number of ether oxygens (including phenoxy) is 1. The van der Waals surface area contributed by atoms with Crippen LogP contribution in [0, 0.1) is 11.3 Å². The summed E-state index contributed by atoms with van der Waals surface area (Å²) in [6, 6.07) is 6.28. The Balaban J connectivity index is 1.91. The zero-order valence-electron chi connectivity index (χ0n) is 10.4. The van der Waals surface area contributed by atoms with Gasteiger partial charge in [-0.3, -0.25) is 0 Å². The van der Waals surface area contributed by atoms with Crippen LogP contribution >= 0.6 is 23.2 Å². The molecule has 3 rings (SSSR count). The van der Waals surface area contributed by atoms with Crippen molar-refractivity contribution >= 4 is 23.2 Å². The number of piperidine rings is 1. The molecular formula is C14H17Cl2NO. The first-order chi connectivity index (χ1) is 8.67. The minimum absolute atomic E-state index is 0.268.